The summed E-state index contributed by atoms with van der Waals surface area (Å²) in [6.45, 7) is 4.74. The van der Waals surface area contributed by atoms with Crippen molar-refractivity contribution in [3.8, 4) is 0 Å². The van der Waals surface area contributed by atoms with Gasteiger partial charge in [0.15, 0.2) is 0 Å². The predicted molar refractivity (Wildman–Crippen MR) is 55.3 cm³/mol. The number of aromatic amines is 1. The predicted octanol–water partition coefficient (Wildman–Crippen LogP) is 1.49. The second kappa shape index (κ2) is 3.75. The molecule has 2 rings (SSSR count). The molecule has 2 heterocycles. The summed E-state index contributed by atoms with van der Waals surface area (Å²) in [7, 11) is 0. The first-order chi connectivity index (χ1) is 6.77. The van der Waals surface area contributed by atoms with Crippen molar-refractivity contribution in [1.29, 1.82) is 0 Å². The molecule has 2 aromatic rings. The number of rotatable bonds is 3. The van der Waals surface area contributed by atoms with E-state index in [1.807, 2.05) is 13.8 Å². The van der Waals surface area contributed by atoms with Gasteiger partial charge in [0.05, 0.1) is 5.69 Å². The van der Waals surface area contributed by atoms with E-state index < -0.39 is 0 Å². The Morgan fingerprint density at radius 3 is 2.93 bits per heavy atom. The maximum atomic E-state index is 4.12. The van der Waals surface area contributed by atoms with E-state index in [0.717, 1.165) is 23.1 Å². The smallest absolute Gasteiger partial charge is 0.205 e. The maximum absolute atomic E-state index is 4.12. The van der Waals surface area contributed by atoms with Gasteiger partial charge in [-0.15, -0.1) is 10.2 Å². The highest BCUT2D eigenvalue weighted by molar-refractivity contribution is 7.13. The van der Waals surface area contributed by atoms with Gasteiger partial charge >= 0.3 is 0 Å². The molecule has 0 atom stereocenters. The van der Waals surface area contributed by atoms with Crippen molar-refractivity contribution in [2.24, 2.45) is 0 Å². The summed E-state index contributed by atoms with van der Waals surface area (Å²) in [6, 6.07) is 0. The summed E-state index contributed by atoms with van der Waals surface area (Å²) in [5.74, 6) is 0. The van der Waals surface area contributed by atoms with Crippen LogP contribution >= 0.6 is 11.3 Å². The Labute approximate surface area is 85.6 Å². The van der Waals surface area contributed by atoms with Gasteiger partial charge in [-0.1, -0.05) is 11.3 Å². The van der Waals surface area contributed by atoms with Crippen molar-refractivity contribution in [1.82, 2.24) is 20.4 Å². The molecule has 5 nitrogen and oxygen atoms in total. The second-order valence-corrected chi connectivity index (χ2v) is 3.84. The largest absolute Gasteiger partial charge is 0.356 e. The molecule has 0 amide bonds. The van der Waals surface area contributed by atoms with Crippen LogP contribution in [-0.4, -0.2) is 20.4 Å². The number of aromatic nitrogens is 4. The molecule has 0 saturated heterocycles. The number of aryl methyl sites for hydroxylation is 2. The Morgan fingerprint density at radius 1 is 1.50 bits per heavy atom. The standard InChI is InChI=1S/C8H11N5S/c1-5-7(6(2)12-11-5)3-9-8-13-10-4-14-8/h4H,3H2,1-2H3,(H,9,13)(H,11,12). The Balaban J connectivity index is 2.05. The minimum atomic E-state index is 0.739. The summed E-state index contributed by atoms with van der Waals surface area (Å²) in [4.78, 5) is 0. The molecule has 0 aliphatic heterocycles. The quantitative estimate of drug-likeness (QED) is 0.803. The van der Waals surface area contributed by atoms with E-state index in [2.05, 4.69) is 25.7 Å². The van der Waals surface area contributed by atoms with Crippen LogP contribution in [-0.2, 0) is 6.54 Å². The van der Waals surface area contributed by atoms with Gasteiger partial charge < -0.3 is 5.32 Å². The van der Waals surface area contributed by atoms with Crippen LogP contribution in [0.25, 0.3) is 0 Å². The van der Waals surface area contributed by atoms with Crippen molar-refractivity contribution < 1.29 is 0 Å². The first kappa shape index (κ1) is 9.14. The van der Waals surface area contributed by atoms with Gasteiger partial charge in [-0.3, -0.25) is 5.10 Å². The monoisotopic (exact) mass is 209 g/mol. The Bertz CT molecular complexity index is 386. The van der Waals surface area contributed by atoms with Crippen molar-refractivity contribution in [2.75, 3.05) is 5.32 Å². The molecule has 0 aliphatic carbocycles. The van der Waals surface area contributed by atoms with E-state index in [9.17, 15) is 0 Å². The molecular formula is C8H11N5S. The molecule has 74 valence electrons. The molecule has 0 unspecified atom stereocenters. The number of anilines is 1. The first-order valence-electron chi connectivity index (χ1n) is 4.28. The third kappa shape index (κ3) is 1.74. The van der Waals surface area contributed by atoms with Crippen molar-refractivity contribution in [2.45, 2.75) is 20.4 Å². The minimum absolute atomic E-state index is 0.739. The average molecular weight is 209 g/mol. The Morgan fingerprint density at radius 2 is 2.36 bits per heavy atom. The lowest BCUT2D eigenvalue weighted by atomic mass is 10.2. The number of H-pyrrole nitrogens is 1. The van der Waals surface area contributed by atoms with Crippen molar-refractivity contribution in [3.63, 3.8) is 0 Å². The van der Waals surface area contributed by atoms with E-state index in [0.29, 0.717) is 0 Å². The van der Waals surface area contributed by atoms with Gasteiger partial charge in [0, 0.05) is 17.8 Å². The highest BCUT2D eigenvalue weighted by Crippen LogP contribution is 2.13. The third-order valence-corrected chi connectivity index (χ3v) is 2.71. The van der Waals surface area contributed by atoms with Gasteiger partial charge in [0.2, 0.25) is 5.13 Å². The zero-order chi connectivity index (χ0) is 9.97. The first-order valence-corrected chi connectivity index (χ1v) is 5.16. The number of nitrogens with zero attached hydrogens (tertiary/aromatic N) is 3. The Kier molecular flexibility index (Phi) is 2.45. The number of nitrogens with one attached hydrogen (secondary N) is 2. The number of hydrogen-bond donors (Lipinski definition) is 2. The summed E-state index contributed by atoms with van der Waals surface area (Å²) < 4.78 is 0. The van der Waals surface area contributed by atoms with Crippen LogP contribution < -0.4 is 5.32 Å². The molecule has 0 aliphatic rings. The fraction of sp³-hybridized carbons (Fsp3) is 0.375. The zero-order valence-corrected chi connectivity index (χ0v) is 8.85. The van der Waals surface area contributed by atoms with Crippen LogP contribution in [0.3, 0.4) is 0 Å². The van der Waals surface area contributed by atoms with Crippen molar-refractivity contribution in [3.05, 3.63) is 22.5 Å². The van der Waals surface area contributed by atoms with Crippen LogP contribution in [0.2, 0.25) is 0 Å². The lowest BCUT2D eigenvalue weighted by Crippen LogP contribution is -2.01. The topological polar surface area (TPSA) is 66.5 Å². The van der Waals surface area contributed by atoms with E-state index in [1.165, 1.54) is 16.9 Å². The van der Waals surface area contributed by atoms with Crippen LogP contribution in [0.15, 0.2) is 5.51 Å². The van der Waals surface area contributed by atoms with E-state index in [-0.39, 0.29) is 0 Å². The number of hydrogen-bond acceptors (Lipinski definition) is 5. The molecule has 6 heteroatoms. The lowest BCUT2D eigenvalue weighted by Gasteiger charge is -2.01. The minimum Gasteiger partial charge on any atom is -0.356 e. The normalized spacial score (nSPS) is 10.4. The SMILES string of the molecule is Cc1n[nH]c(C)c1CNc1nncs1. The molecule has 0 spiro atoms. The lowest BCUT2D eigenvalue weighted by molar-refractivity contribution is 1.02. The zero-order valence-electron chi connectivity index (χ0n) is 8.03. The molecule has 0 radical (unpaired) electrons. The summed E-state index contributed by atoms with van der Waals surface area (Å²) in [6.07, 6.45) is 0. The van der Waals surface area contributed by atoms with Crippen molar-refractivity contribution >= 4 is 16.5 Å². The fourth-order valence-electron chi connectivity index (χ4n) is 1.25. The molecule has 14 heavy (non-hydrogen) atoms. The molecule has 0 aromatic carbocycles. The summed E-state index contributed by atoms with van der Waals surface area (Å²) in [5.41, 5.74) is 5.02. The van der Waals surface area contributed by atoms with Crippen LogP contribution in [0.4, 0.5) is 5.13 Å². The molecule has 0 bridgehead atoms. The molecule has 2 aromatic heterocycles. The van der Waals surface area contributed by atoms with Crippen LogP contribution in [0.5, 0.6) is 0 Å². The maximum Gasteiger partial charge on any atom is 0.205 e. The third-order valence-electron chi connectivity index (χ3n) is 2.06. The highest BCUT2D eigenvalue weighted by Gasteiger charge is 2.06. The van der Waals surface area contributed by atoms with E-state index in [1.54, 1.807) is 5.51 Å². The van der Waals surface area contributed by atoms with Gasteiger partial charge in [0.25, 0.3) is 0 Å². The van der Waals surface area contributed by atoms with Crippen LogP contribution in [0, 0.1) is 13.8 Å². The van der Waals surface area contributed by atoms with Gasteiger partial charge in [-0.25, -0.2) is 0 Å². The summed E-state index contributed by atoms with van der Waals surface area (Å²) >= 11 is 1.49. The van der Waals surface area contributed by atoms with Crippen LogP contribution in [0.1, 0.15) is 17.0 Å². The molecular weight excluding hydrogens is 198 g/mol. The summed E-state index contributed by atoms with van der Waals surface area (Å²) in [5, 5.41) is 18.7. The Hall–Kier alpha value is -1.43. The molecule has 0 saturated carbocycles. The molecule has 0 fully saturated rings. The van der Waals surface area contributed by atoms with Gasteiger partial charge in [-0.2, -0.15) is 5.10 Å². The fourth-order valence-corrected chi connectivity index (χ4v) is 1.69. The highest BCUT2D eigenvalue weighted by atomic mass is 32.1. The second-order valence-electron chi connectivity index (χ2n) is 3.01. The van der Waals surface area contributed by atoms with Gasteiger partial charge in [-0.05, 0) is 13.8 Å². The van der Waals surface area contributed by atoms with Gasteiger partial charge in [0.1, 0.15) is 5.51 Å². The average Bonchev–Trinajstić information content (AvgIpc) is 2.76. The molecule has 2 N–H and O–H groups in total. The van der Waals surface area contributed by atoms with E-state index >= 15 is 0 Å². The van der Waals surface area contributed by atoms with E-state index in [4.69, 9.17) is 0 Å².